The van der Waals surface area contributed by atoms with Crippen molar-refractivity contribution >= 4 is 29.2 Å². The highest BCUT2D eigenvalue weighted by Gasteiger charge is 2.45. The number of nitro groups is 1. The van der Waals surface area contributed by atoms with Crippen molar-refractivity contribution in [3.63, 3.8) is 0 Å². The summed E-state index contributed by atoms with van der Waals surface area (Å²) in [4.78, 5) is 35.4. The molecule has 8 heteroatoms. The number of ether oxygens (including phenoxy) is 2. The van der Waals surface area contributed by atoms with Crippen LogP contribution < -0.4 is 0 Å². The van der Waals surface area contributed by atoms with Crippen LogP contribution in [0.25, 0.3) is 0 Å². The van der Waals surface area contributed by atoms with E-state index in [1.165, 1.54) is 19.3 Å². The lowest BCUT2D eigenvalue weighted by molar-refractivity contribution is -0.384. The van der Waals surface area contributed by atoms with E-state index in [0.717, 1.165) is 12.1 Å². The molecule has 2 aromatic rings. The topological polar surface area (TPSA) is 95.7 Å². The second kappa shape index (κ2) is 8.46. The van der Waals surface area contributed by atoms with Crippen LogP contribution in [-0.2, 0) is 19.9 Å². The summed E-state index contributed by atoms with van der Waals surface area (Å²) in [6.45, 7) is 3.62. The Balaban J connectivity index is 2.49. The number of esters is 2. The first kappa shape index (κ1) is 20.1. The van der Waals surface area contributed by atoms with Crippen molar-refractivity contribution in [3.05, 3.63) is 87.4 Å². The monoisotopic (exact) mass is 389 g/mol. The van der Waals surface area contributed by atoms with Gasteiger partial charge in [0, 0.05) is 24.1 Å². The van der Waals surface area contributed by atoms with Crippen molar-refractivity contribution in [1.82, 2.24) is 0 Å². The van der Waals surface area contributed by atoms with Crippen LogP contribution >= 0.6 is 11.6 Å². The van der Waals surface area contributed by atoms with Gasteiger partial charge in [-0.05, 0) is 6.07 Å². The first-order valence-corrected chi connectivity index (χ1v) is 8.15. The minimum Gasteiger partial charge on any atom is -0.466 e. The van der Waals surface area contributed by atoms with Crippen LogP contribution in [0.3, 0.4) is 0 Å². The van der Waals surface area contributed by atoms with Gasteiger partial charge in [-0.1, -0.05) is 48.0 Å². The highest BCUT2D eigenvalue weighted by atomic mass is 35.5. The lowest BCUT2D eigenvalue weighted by Crippen LogP contribution is -2.41. The molecule has 27 heavy (non-hydrogen) atoms. The van der Waals surface area contributed by atoms with E-state index >= 15 is 0 Å². The minimum atomic E-state index is -1.76. The first-order valence-electron chi connectivity index (χ1n) is 7.78. The van der Waals surface area contributed by atoms with Gasteiger partial charge in [0.25, 0.3) is 5.69 Å². The summed E-state index contributed by atoms with van der Waals surface area (Å²) >= 11 is 5.99. The zero-order chi connectivity index (χ0) is 20.0. The van der Waals surface area contributed by atoms with Crippen molar-refractivity contribution in [2.75, 3.05) is 7.11 Å². The van der Waals surface area contributed by atoms with E-state index in [2.05, 4.69) is 6.58 Å². The van der Waals surface area contributed by atoms with E-state index in [-0.39, 0.29) is 22.7 Å². The molecule has 7 nitrogen and oxygen atoms in total. The van der Waals surface area contributed by atoms with Gasteiger partial charge in [-0.3, -0.25) is 10.1 Å². The Labute approximate surface area is 160 Å². The van der Waals surface area contributed by atoms with Gasteiger partial charge in [-0.15, -0.1) is 6.58 Å². The maximum Gasteiger partial charge on any atom is 0.355 e. The van der Waals surface area contributed by atoms with E-state index in [0.29, 0.717) is 5.56 Å². The number of carbonyl (C=O) groups excluding carboxylic acids is 2. The summed E-state index contributed by atoms with van der Waals surface area (Å²) in [6.07, 6.45) is 1.38. The molecule has 0 saturated heterocycles. The van der Waals surface area contributed by atoms with Crippen molar-refractivity contribution in [3.8, 4) is 0 Å². The van der Waals surface area contributed by atoms with Crippen LogP contribution in [0, 0.1) is 10.1 Å². The third-order valence-electron chi connectivity index (χ3n) is 3.84. The van der Waals surface area contributed by atoms with Gasteiger partial charge in [0.15, 0.2) is 0 Å². The SMILES string of the molecule is C=CCC(OC(=O)c1ccc([N+](=O)[O-])cc1Cl)(C(=O)OC)c1ccccc1. The standard InChI is InChI=1S/C19H16ClNO6/c1-3-11-19(18(23)26-2,13-7-5-4-6-8-13)27-17(22)15-10-9-14(21(24)25)12-16(15)20/h3-10,12H,1,11H2,2H3. The maximum atomic E-state index is 12.7. The van der Waals surface area contributed by atoms with Crippen LogP contribution in [0.15, 0.2) is 61.2 Å². The van der Waals surface area contributed by atoms with Gasteiger partial charge in [0.1, 0.15) is 0 Å². The Hall–Kier alpha value is -3.19. The van der Waals surface area contributed by atoms with Crippen molar-refractivity contribution in [1.29, 1.82) is 0 Å². The molecule has 0 amide bonds. The van der Waals surface area contributed by atoms with Crippen LogP contribution in [0.5, 0.6) is 0 Å². The first-order chi connectivity index (χ1) is 12.9. The summed E-state index contributed by atoms with van der Waals surface area (Å²) in [5.74, 6) is -1.72. The number of carbonyl (C=O) groups is 2. The van der Waals surface area contributed by atoms with Crippen molar-refractivity contribution < 1.29 is 24.0 Å². The quantitative estimate of drug-likeness (QED) is 0.307. The van der Waals surface area contributed by atoms with Crippen molar-refractivity contribution in [2.45, 2.75) is 12.0 Å². The molecule has 2 aromatic carbocycles. The number of hydrogen-bond donors (Lipinski definition) is 0. The van der Waals surface area contributed by atoms with Crippen LogP contribution in [0.1, 0.15) is 22.3 Å². The molecule has 0 aliphatic carbocycles. The molecular weight excluding hydrogens is 374 g/mol. The molecule has 0 aromatic heterocycles. The lowest BCUT2D eigenvalue weighted by atomic mass is 9.90. The Bertz CT molecular complexity index is 883. The molecule has 0 radical (unpaired) electrons. The normalized spacial score (nSPS) is 12.5. The largest absolute Gasteiger partial charge is 0.466 e. The molecule has 0 bridgehead atoms. The van der Waals surface area contributed by atoms with Gasteiger partial charge in [0.05, 0.1) is 22.6 Å². The second-order valence-corrected chi connectivity index (χ2v) is 5.90. The Morgan fingerprint density at radius 3 is 2.44 bits per heavy atom. The lowest BCUT2D eigenvalue weighted by Gasteiger charge is -2.30. The molecule has 1 atom stereocenters. The molecule has 0 heterocycles. The van der Waals surface area contributed by atoms with Crippen LogP contribution in [0.2, 0.25) is 5.02 Å². The molecule has 1 unspecified atom stereocenters. The van der Waals surface area contributed by atoms with Gasteiger partial charge >= 0.3 is 11.9 Å². The van der Waals surface area contributed by atoms with Gasteiger partial charge in [0.2, 0.25) is 5.60 Å². The van der Waals surface area contributed by atoms with E-state index < -0.39 is 22.5 Å². The average molecular weight is 390 g/mol. The zero-order valence-electron chi connectivity index (χ0n) is 14.4. The molecule has 140 valence electrons. The predicted octanol–water partition coefficient (Wildman–Crippen LogP) is 4.05. The molecular formula is C19H16ClNO6. The summed E-state index contributed by atoms with van der Waals surface area (Å²) < 4.78 is 10.4. The third-order valence-corrected chi connectivity index (χ3v) is 4.15. The molecule has 0 fully saturated rings. The molecule has 0 aliphatic rings. The Kier molecular flexibility index (Phi) is 6.31. The Morgan fingerprint density at radius 1 is 1.26 bits per heavy atom. The number of nitro benzene ring substituents is 1. The molecule has 0 spiro atoms. The smallest absolute Gasteiger partial charge is 0.355 e. The van der Waals surface area contributed by atoms with Crippen LogP contribution in [0.4, 0.5) is 5.69 Å². The van der Waals surface area contributed by atoms with Gasteiger partial charge in [-0.2, -0.15) is 0 Å². The third kappa shape index (κ3) is 4.15. The summed E-state index contributed by atoms with van der Waals surface area (Å²) in [5, 5.41) is 10.7. The average Bonchev–Trinajstić information content (AvgIpc) is 2.67. The van der Waals surface area contributed by atoms with E-state index in [1.54, 1.807) is 30.3 Å². The second-order valence-electron chi connectivity index (χ2n) is 5.49. The van der Waals surface area contributed by atoms with E-state index in [4.69, 9.17) is 21.1 Å². The van der Waals surface area contributed by atoms with E-state index in [9.17, 15) is 19.7 Å². The number of non-ortho nitro benzene ring substituents is 1. The number of halogens is 1. The van der Waals surface area contributed by atoms with Gasteiger partial charge in [-0.25, -0.2) is 9.59 Å². The zero-order valence-corrected chi connectivity index (χ0v) is 15.1. The fourth-order valence-electron chi connectivity index (χ4n) is 2.53. The highest BCUT2D eigenvalue weighted by molar-refractivity contribution is 6.33. The van der Waals surface area contributed by atoms with E-state index in [1.807, 2.05) is 0 Å². The summed E-state index contributed by atoms with van der Waals surface area (Å²) in [7, 11) is 1.18. The summed E-state index contributed by atoms with van der Waals surface area (Å²) in [5.41, 5.74) is -1.76. The molecule has 0 N–H and O–H groups in total. The maximum absolute atomic E-state index is 12.7. The van der Waals surface area contributed by atoms with Gasteiger partial charge < -0.3 is 9.47 Å². The summed E-state index contributed by atoms with van der Waals surface area (Å²) in [6, 6.07) is 11.7. The number of nitrogens with zero attached hydrogens (tertiary/aromatic N) is 1. The minimum absolute atomic E-state index is 0.0416. The molecule has 0 aliphatic heterocycles. The highest BCUT2D eigenvalue weighted by Crippen LogP contribution is 2.34. The molecule has 2 rings (SSSR count). The van der Waals surface area contributed by atoms with Crippen molar-refractivity contribution in [2.24, 2.45) is 0 Å². The number of rotatable bonds is 7. The molecule has 0 saturated carbocycles. The number of benzene rings is 2. The fourth-order valence-corrected chi connectivity index (χ4v) is 2.79. The van der Waals surface area contributed by atoms with Crippen LogP contribution in [-0.4, -0.2) is 24.0 Å². The number of methoxy groups -OCH3 is 1. The fraction of sp³-hybridized carbons (Fsp3) is 0.158. The Morgan fingerprint density at radius 2 is 1.93 bits per heavy atom. The predicted molar refractivity (Wildman–Crippen MR) is 98.5 cm³/mol. The number of hydrogen-bond acceptors (Lipinski definition) is 6.